The molecule has 0 bridgehead atoms. The molecule has 0 radical (unpaired) electrons. The summed E-state index contributed by atoms with van der Waals surface area (Å²) in [6.45, 7) is 4.43. The molecule has 2 aromatic rings. The largest absolute Gasteiger partial charge is 0.369 e. The predicted molar refractivity (Wildman–Crippen MR) is 80.9 cm³/mol. The van der Waals surface area contributed by atoms with E-state index in [1.807, 2.05) is 12.3 Å². The van der Waals surface area contributed by atoms with E-state index in [1.54, 1.807) is 0 Å². The van der Waals surface area contributed by atoms with Crippen molar-refractivity contribution < 1.29 is 4.79 Å². The van der Waals surface area contributed by atoms with Gasteiger partial charge in [0, 0.05) is 43.8 Å². The zero-order valence-electron chi connectivity index (χ0n) is 11.5. The van der Waals surface area contributed by atoms with Crippen LogP contribution in [0.4, 0.5) is 5.69 Å². The van der Waals surface area contributed by atoms with Gasteiger partial charge in [0.25, 0.3) is 0 Å². The minimum atomic E-state index is 0.555. The van der Waals surface area contributed by atoms with Gasteiger partial charge in [0.2, 0.25) is 0 Å². The molecule has 1 aliphatic heterocycles. The molecule has 1 saturated heterocycles. The first-order valence-electron chi connectivity index (χ1n) is 7.01. The Morgan fingerprint density at radius 3 is 2.40 bits per heavy atom. The molecule has 20 heavy (non-hydrogen) atoms. The Morgan fingerprint density at radius 2 is 1.80 bits per heavy atom. The van der Waals surface area contributed by atoms with Crippen LogP contribution in [-0.4, -0.2) is 48.9 Å². The highest BCUT2D eigenvalue weighted by molar-refractivity contribution is 5.63. The summed E-state index contributed by atoms with van der Waals surface area (Å²) in [5.74, 6) is 0. The number of nitrogens with one attached hydrogen (secondary N) is 1. The number of aromatic nitrogens is 1. The molecule has 1 aromatic carbocycles. The van der Waals surface area contributed by atoms with Crippen LogP contribution < -0.4 is 4.90 Å². The molecule has 4 nitrogen and oxygen atoms in total. The van der Waals surface area contributed by atoms with Gasteiger partial charge in [0.05, 0.1) is 6.54 Å². The van der Waals surface area contributed by atoms with Crippen molar-refractivity contribution in [3.05, 3.63) is 42.6 Å². The highest BCUT2D eigenvalue weighted by Crippen LogP contribution is 2.22. The number of carbonyl (C=O) groups is 1. The number of aromatic amines is 1. The molecule has 0 unspecified atom stereocenters. The molecule has 0 aliphatic carbocycles. The molecule has 0 saturated carbocycles. The molecule has 2 heterocycles. The Kier molecular flexibility index (Phi) is 3.83. The van der Waals surface area contributed by atoms with Gasteiger partial charge in [0.1, 0.15) is 6.29 Å². The average molecular weight is 269 g/mol. The standard InChI is InChI=1S/C16H19N3O/c20-13-12-18-8-10-19(11-9-18)15-5-3-14(4-6-15)16-2-1-7-17-16/h1-7,13,17H,8-12H2. The van der Waals surface area contributed by atoms with Crippen LogP contribution in [0, 0.1) is 0 Å². The van der Waals surface area contributed by atoms with Gasteiger partial charge in [-0.25, -0.2) is 0 Å². The minimum absolute atomic E-state index is 0.555. The zero-order chi connectivity index (χ0) is 13.8. The number of aldehydes is 1. The molecule has 0 amide bonds. The van der Waals surface area contributed by atoms with Crippen molar-refractivity contribution in [2.24, 2.45) is 0 Å². The second-order valence-electron chi connectivity index (χ2n) is 5.08. The summed E-state index contributed by atoms with van der Waals surface area (Å²) in [6.07, 6.45) is 2.93. The van der Waals surface area contributed by atoms with Crippen molar-refractivity contribution in [2.45, 2.75) is 0 Å². The maximum Gasteiger partial charge on any atom is 0.133 e. The molecule has 1 aromatic heterocycles. The van der Waals surface area contributed by atoms with Crippen molar-refractivity contribution in [3.8, 4) is 11.3 Å². The first-order valence-corrected chi connectivity index (χ1v) is 7.01. The second kappa shape index (κ2) is 5.92. The van der Waals surface area contributed by atoms with Crippen LogP contribution in [0.1, 0.15) is 0 Å². The highest BCUT2D eigenvalue weighted by atomic mass is 16.1. The molecule has 104 valence electrons. The lowest BCUT2D eigenvalue weighted by atomic mass is 10.1. The summed E-state index contributed by atoms with van der Waals surface area (Å²) in [7, 11) is 0. The number of piperazine rings is 1. The normalized spacial score (nSPS) is 16.3. The number of hydrogen-bond acceptors (Lipinski definition) is 3. The lowest BCUT2D eigenvalue weighted by Gasteiger charge is -2.35. The smallest absolute Gasteiger partial charge is 0.133 e. The Balaban J connectivity index is 1.65. The van der Waals surface area contributed by atoms with E-state index in [2.05, 4.69) is 45.1 Å². The minimum Gasteiger partial charge on any atom is -0.369 e. The number of anilines is 1. The van der Waals surface area contributed by atoms with Gasteiger partial charge >= 0.3 is 0 Å². The van der Waals surface area contributed by atoms with Gasteiger partial charge in [-0.15, -0.1) is 0 Å². The molecule has 4 heteroatoms. The molecular weight excluding hydrogens is 250 g/mol. The summed E-state index contributed by atoms with van der Waals surface area (Å²) >= 11 is 0. The van der Waals surface area contributed by atoms with E-state index in [9.17, 15) is 4.79 Å². The fraction of sp³-hybridized carbons (Fsp3) is 0.312. The summed E-state index contributed by atoms with van der Waals surface area (Å²) in [5.41, 5.74) is 3.61. The number of rotatable bonds is 4. The van der Waals surface area contributed by atoms with Crippen molar-refractivity contribution in [3.63, 3.8) is 0 Å². The summed E-state index contributed by atoms with van der Waals surface area (Å²) in [6, 6.07) is 12.7. The van der Waals surface area contributed by atoms with Crippen molar-refractivity contribution in [1.82, 2.24) is 9.88 Å². The summed E-state index contributed by atoms with van der Waals surface area (Å²) in [4.78, 5) is 18.3. The SMILES string of the molecule is O=CCN1CCN(c2ccc(-c3ccc[nH]3)cc2)CC1. The summed E-state index contributed by atoms with van der Waals surface area (Å²) < 4.78 is 0. The van der Waals surface area contributed by atoms with E-state index in [4.69, 9.17) is 0 Å². The molecule has 0 spiro atoms. The molecule has 1 fully saturated rings. The molecule has 1 aliphatic rings. The van der Waals surface area contributed by atoms with Gasteiger partial charge in [-0.05, 0) is 29.8 Å². The van der Waals surface area contributed by atoms with E-state index in [0.29, 0.717) is 6.54 Å². The average Bonchev–Trinajstić information content (AvgIpc) is 3.03. The molecule has 3 rings (SSSR count). The number of benzene rings is 1. The number of H-pyrrole nitrogens is 1. The maximum absolute atomic E-state index is 10.5. The quantitative estimate of drug-likeness (QED) is 0.863. The van der Waals surface area contributed by atoms with Gasteiger partial charge in [0.15, 0.2) is 0 Å². The third-order valence-corrected chi connectivity index (χ3v) is 3.85. The van der Waals surface area contributed by atoms with Gasteiger partial charge in [-0.1, -0.05) is 12.1 Å². The van der Waals surface area contributed by atoms with Gasteiger partial charge < -0.3 is 14.7 Å². The first kappa shape index (κ1) is 12.9. The van der Waals surface area contributed by atoms with Crippen LogP contribution >= 0.6 is 0 Å². The van der Waals surface area contributed by atoms with Crippen LogP contribution in [-0.2, 0) is 4.79 Å². The maximum atomic E-state index is 10.5. The molecular formula is C16H19N3O. The second-order valence-corrected chi connectivity index (χ2v) is 5.08. The summed E-state index contributed by atoms with van der Waals surface area (Å²) in [5, 5.41) is 0. The van der Waals surface area contributed by atoms with Crippen LogP contribution in [0.3, 0.4) is 0 Å². The van der Waals surface area contributed by atoms with Crippen LogP contribution in [0.25, 0.3) is 11.3 Å². The van der Waals surface area contributed by atoms with Crippen molar-refractivity contribution in [1.29, 1.82) is 0 Å². The highest BCUT2D eigenvalue weighted by Gasteiger charge is 2.16. The van der Waals surface area contributed by atoms with E-state index in [0.717, 1.165) is 38.2 Å². The van der Waals surface area contributed by atoms with Gasteiger partial charge in [-0.2, -0.15) is 0 Å². The predicted octanol–water partition coefficient (Wildman–Crippen LogP) is 2.00. The van der Waals surface area contributed by atoms with Crippen LogP contribution in [0.5, 0.6) is 0 Å². The fourth-order valence-electron chi connectivity index (χ4n) is 2.66. The Bertz CT molecular complexity index is 540. The zero-order valence-corrected chi connectivity index (χ0v) is 11.5. The monoisotopic (exact) mass is 269 g/mol. The number of carbonyl (C=O) groups excluding carboxylic acids is 1. The lowest BCUT2D eigenvalue weighted by molar-refractivity contribution is -0.108. The van der Waals surface area contributed by atoms with Crippen LogP contribution in [0.2, 0.25) is 0 Å². The Morgan fingerprint density at radius 1 is 1.05 bits per heavy atom. The topological polar surface area (TPSA) is 39.3 Å². The van der Waals surface area contributed by atoms with E-state index < -0.39 is 0 Å². The van der Waals surface area contributed by atoms with Crippen molar-refractivity contribution in [2.75, 3.05) is 37.6 Å². The van der Waals surface area contributed by atoms with E-state index >= 15 is 0 Å². The van der Waals surface area contributed by atoms with Gasteiger partial charge in [-0.3, -0.25) is 4.90 Å². The Hall–Kier alpha value is -2.07. The Labute approximate surface area is 119 Å². The number of hydrogen-bond donors (Lipinski definition) is 1. The molecule has 0 atom stereocenters. The first-order chi connectivity index (χ1) is 9.86. The lowest BCUT2D eigenvalue weighted by Crippen LogP contribution is -2.46. The number of nitrogens with zero attached hydrogens (tertiary/aromatic N) is 2. The van der Waals surface area contributed by atoms with E-state index in [1.165, 1.54) is 11.3 Å². The third kappa shape index (κ3) is 2.75. The third-order valence-electron chi connectivity index (χ3n) is 3.85. The fourth-order valence-corrected chi connectivity index (χ4v) is 2.66. The van der Waals surface area contributed by atoms with Crippen LogP contribution in [0.15, 0.2) is 42.6 Å². The van der Waals surface area contributed by atoms with E-state index in [-0.39, 0.29) is 0 Å². The van der Waals surface area contributed by atoms with Crippen molar-refractivity contribution >= 4 is 12.0 Å². The molecule has 1 N–H and O–H groups in total.